The molecule has 1 N–H and O–H groups in total. The van der Waals surface area contributed by atoms with Crippen molar-refractivity contribution in [2.45, 2.75) is 31.8 Å². The SMILES string of the molecule is [CH2]CCC1Cc2ccccc2CN1. The second kappa shape index (κ2) is 3.93. The molecular formula is C12H16N. The molecule has 0 amide bonds. The summed E-state index contributed by atoms with van der Waals surface area (Å²) in [5.41, 5.74) is 2.97. The lowest BCUT2D eigenvalue weighted by molar-refractivity contribution is 0.455. The molecule has 0 spiro atoms. The standard InChI is InChI=1S/C12H16N/c1-2-5-12-8-10-6-3-4-7-11(10)9-13-12/h3-4,6-7,12-13H,1-2,5,8-9H2. The van der Waals surface area contributed by atoms with Gasteiger partial charge in [-0.1, -0.05) is 37.6 Å². The molecule has 0 bridgehead atoms. The van der Waals surface area contributed by atoms with Crippen molar-refractivity contribution in [1.82, 2.24) is 5.32 Å². The molecule has 2 rings (SSSR count). The normalized spacial score (nSPS) is 21.2. The van der Waals surface area contributed by atoms with Gasteiger partial charge < -0.3 is 5.32 Å². The van der Waals surface area contributed by atoms with Gasteiger partial charge in [-0.15, -0.1) is 0 Å². The molecule has 0 saturated heterocycles. The van der Waals surface area contributed by atoms with Crippen molar-refractivity contribution < 1.29 is 0 Å². The summed E-state index contributed by atoms with van der Waals surface area (Å²) in [6.45, 7) is 4.92. The Bertz CT molecular complexity index is 280. The summed E-state index contributed by atoms with van der Waals surface area (Å²) in [5, 5.41) is 3.54. The topological polar surface area (TPSA) is 12.0 Å². The fourth-order valence-corrected chi connectivity index (χ4v) is 1.97. The van der Waals surface area contributed by atoms with E-state index in [9.17, 15) is 0 Å². The molecule has 1 radical (unpaired) electrons. The first kappa shape index (κ1) is 8.76. The summed E-state index contributed by atoms with van der Waals surface area (Å²) in [6.07, 6.45) is 3.39. The highest BCUT2D eigenvalue weighted by molar-refractivity contribution is 5.29. The van der Waals surface area contributed by atoms with Gasteiger partial charge in [-0.05, 0) is 24.0 Å². The van der Waals surface area contributed by atoms with E-state index in [1.807, 2.05) is 0 Å². The highest BCUT2D eigenvalue weighted by Gasteiger charge is 2.15. The van der Waals surface area contributed by atoms with Gasteiger partial charge in [0.2, 0.25) is 0 Å². The van der Waals surface area contributed by atoms with Crippen LogP contribution < -0.4 is 5.32 Å². The van der Waals surface area contributed by atoms with Crippen LogP contribution in [-0.4, -0.2) is 6.04 Å². The smallest absolute Gasteiger partial charge is 0.0210 e. The second-order valence-electron chi connectivity index (χ2n) is 3.69. The highest BCUT2D eigenvalue weighted by atomic mass is 14.9. The zero-order valence-corrected chi connectivity index (χ0v) is 7.92. The van der Waals surface area contributed by atoms with Crippen LogP contribution in [0.1, 0.15) is 24.0 Å². The van der Waals surface area contributed by atoms with E-state index in [0.717, 1.165) is 13.0 Å². The fraction of sp³-hybridized carbons (Fsp3) is 0.417. The van der Waals surface area contributed by atoms with E-state index in [0.29, 0.717) is 6.04 Å². The van der Waals surface area contributed by atoms with Gasteiger partial charge >= 0.3 is 0 Å². The molecular weight excluding hydrogens is 158 g/mol. The Morgan fingerprint density at radius 2 is 2.08 bits per heavy atom. The first-order valence-corrected chi connectivity index (χ1v) is 4.99. The number of rotatable bonds is 2. The van der Waals surface area contributed by atoms with Crippen LogP contribution in [0.25, 0.3) is 0 Å². The minimum absolute atomic E-state index is 0.646. The van der Waals surface area contributed by atoms with Crippen molar-refractivity contribution in [3.8, 4) is 0 Å². The van der Waals surface area contributed by atoms with Crippen LogP contribution in [0.3, 0.4) is 0 Å². The van der Waals surface area contributed by atoms with Gasteiger partial charge in [0, 0.05) is 12.6 Å². The van der Waals surface area contributed by atoms with Crippen molar-refractivity contribution in [2.75, 3.05) is 0 Å². The van der Waals surface area contributed by atoms with E-state index in [1.54, 1.807) is 0 Å². The molecule has 1 aliphatic heterocycles. The molecule has 0 aliphatic carbocycles. The van der Waals surface area contributed by atoms with E-state index >= 15 is 0 Å². The maximum Gasteiger partial charge on any atom is 0.0210 e. The van der Waals surface area contributed by atoms with Gasteiger partial charge in [0.1, 0.15) is 0 Å². The lowest BCUT2D eigenvalue weighted by atomic mass is 9.94. The van der Waals surface area contributed by atoms with Gasteiger partial charge in [0.25, 0.3) is 0 Å². The molecule has 1 unspecified atom stereocenters. The molecule has 1 atom stereocenters. The molecule has 1 aliphatic rings. The minimum Gasteiger partial charge on any atom is -0.310 e. The van der Waals surface area contributed by atoms with Crippen LogP contribution in [0.2, 0.25) is 0 Å². The van der Waals surface area contributed by atoms with E-state index in [2.05, 4.69) is 36.5 Å². The molecule has 0 saturated carbocycles. The quantitative estimate of drug-likeness (QED) is 0.725. The molecule has 1 aromatic carbocycles. The largest absolute Gasteiger partial charge is 0.310 e. The third-order valence-corrected chi connectivity index (χ3v) is 2.72. The monoisotopic (exact) mass is 174 g/mol. The van der Waals surface area contributed by atoms with Crippen LogP contribution in [0.15, 0.2) is 24.3 Å². The van der Waals surface area contributed by atoms with Gasteiger partial charge in [0.05, 0.1) is 0 Å². The molecule has 1 heterocycles. The van der Waals surface area contributed by atoms with Gasteiger partial charge in [0.15, 0.2) is 0 Å². The molecule has 0 aromatic heterocycles. The van der Waals surface area contributed by atoms with E-state index in [4.69, 9.17) is 0 Å². The summed E-state index contributed by atoms with van der Waals surface area (Å²) in [6, 6.07) is 9.34. The lowest BCUT2D eigenvalue weighted by Crippen LogP contribution is -2.35. The first-order chi connectivity index (χ1) is 6.40. The number of benzene rings is 1. The Kier molecular flexibility index (Phi) is 2.65. The van der Waals surface area contributed by atoms with Gasteiger partial charge in [-0.25, -0.2) is 0 Å². The van der Waals surface area contributed by atoms with Crippen LogP contribution in [0.5, 0.6) is 0 Å². The van der Waals surface area contributed by atoms with E-state index in [-0.39, 0.29) is 0 Å². The Morgan fingerprint density at radius 3 is 2.85 bits per heavy atom. The summed E-state index contributed by atoms with van der Waals surface area (Å²) in [5.74, 6) is 0. The zero-order chi connectivity index (χ0) is 9.10. The summed E-state index contributed by atoms with van der Waals surface area (Å²) in [7, 11) is 0. The fourth-order valence-electron chi connectivity index (χ4n) is 1.97. The van der Waals surface area contributed by atoms with E-state index in [1.165, 1.54) is 24.0 Å². The Morgan fingerprint density at radius 1 is 1.31 bits per heavy atom. The van der Waals surface area contributed by atoms with Crippen LogP contribution >= 0.6 is 0 Å². The molecule has 69 valence electrons. The molecule has 1 aromatic rings. The number of fused-ring (bicyclic) bond motifs is 1. The summed E-state index contributed by atoms with van der Waals surface area (Å²) < 4.78 is 0. The average molecular weight is 174 g/mol. The molecule has 0 fully saturated rings. The lowest BCUT2D eigenvalue weighted by Gasteiger charge is -2.25. The van der Waals surface area contributed by atoms with Crippen LogP contribution in [0, 0.1) is 6.92 Å². The van der Waals surface area contributed by atoms with Crippen molar-refractivity contribution >= 4 is 0 Å². The third-order valence-electron chi connectivity index (χ3n) is 2.72. The summed E-state index contributed by atoms with van der Waals surface area (Å²) in [4.78, 5) is 0. The Labute approximate surface area is 80.2 Å². The highest BCUT2D eigenvalue weighted by Crippen LogP contribution is 2.17. The van der Waals surface area contributed by atoms with Gasteiger partial charge in [-0.2, -0.15) is 0 Å². The van der Waals surface area contributed by atoms with Gasteiger partial charge in [-0.3, -0.25) is 0 Å². The van der Waals surface area contributed by atoms with Crippen molar-refractivity contribution in [3.05, 3.63) is 42.3 Å². The predicted molar refractivity (Wildman–Crippen MR) is 55.4 cm³/mol. The third kappa shape index (κ3) is 1.92. The second-order valence-corrected chi connectivity index (χ2v) is 3.69. The van der Waals surface area contributed by atoms with Crippen molar-refractivity contribution in [1.29, 1.82) is 0 Å². The average Bonchev–Trinajstić information content (AvgIpc) is 2.18. The maximum absolute atomic E-state index is 3.90. The van der Waals surface area contributed by atoms with Crippen LogP contribution in [0.4, 0.5) is 0 Å². The Hall–Kier alpha value is -0.820. The predicted octanol–water partition coefficient (Wildman–Crippen LogP) is 2.32. The molecule has 1 nitrogen and oxygen atoms in total. The van der Waals surface area contributed by atoms with Crippen molar-refractivity contribution in [3.63, 3.8) is 0 Å². The maximum atomic E-state index is 3.90. The number of nitrogens with one attached hydrogen (secondary N) is 1. The summed E-state index contributed by atoms with van der Waals surface area (Å²) >= 11 is 0. The van der Waals surface area contributed by atoms with E-state index < -0.39 is 0 Å². The number of hydrogen-bond acceptors (Lipinski definition) is 1. The first-order valence-electron chi connectivity index (χ1n) is 4.99. The van der Waals surface area contributed by atoms with Crippen LogP contribution in [-0.2, 0) is 13.0 Å². The molecule has 1 heteroatoms. The Balaban J connectivity index is 2.11. The number of hydrogen-bond donors (Lipinski definition) is 1. The molecule has 13 heavy (non-hydrogen) atoms. The zero-order valence-electron chi connectivity index (χ0n) is 7.92. The minimum atomic E-state index is 0.646. The van der Waals surface area contributed by atoms with Crippen molar-refractivity contribution in [2.24, 2.45) is 0 Å².